The maximum absolute atomic E-state index is 3.46. The fraction of sp³-hybridized carbons (Fsp3) is 0.368. The summed E-state index contributed by atoms with van der Waals surface area (Å²) in [6.07, 6.45) is 0. The second-order valence-corrected chi connectivity index (χ2v) is 6.05. The van der Waals surface area contributed by atoms with Crippen LogP contribution >= 0.6 is 0 Å². The topological polar surface area (TPSA) is 15.3 Å². The molecule has 0 heterocycles. The largest absolute Gasteiger partial charge is 0.344 e. The fourth-order valence-corrected chi connectivity index (χ4v) is 2.50. The summed E-state index contributed by atoms with van der Waals surface area (Å²) in [7, 11) is 2.13. The Balaban J connectivity index is 2.20. The molecule has 0 spiro atoms. The van der Waals surface area contributed by atoms with Gasteiger partial charge in [-0.25, -0.2) is 0 Å². The van der Waals surface area contributed by atoms with E-state index in [2.05, 4.69) is 87.4 Å². The molecule has 0 aliphatic carbocycles. The molecule has 0 unspecified atom stereocenters. The molecule has 21 heavy (non-hydrogen) atoms. The van der Waals surface area contributed by atoms with Gasteiger partial charge in [-0.05, 0) is 48.7 Å². The minimum atomic E-state index is 0.514. The summed E-state index contributed by atoms with van der Waals surface area (Å²) in [6.45, 7) is 9.58. The molecule has 0 amide bonds. The van der Waals surface area contributed by atoms with Crippen molar-refractivity contribution in [3.8, 4) is 0 Å². The van der Waals surface area contributed by atoms with Crippen molar-refractivity contribution in [1.29, 1.82) is 0 Å². The van der Waals surface area contributed by atoms with Gasteiger partial charge >= 0.3 is 0 Å². The van der Waals surface area contributed by atoms with Crippen LogP contribution in [0, 0.1) is 13.8 Å². The van der Waals surface area contributed by atoms with Gasteiger partial charge in [0.15, 0.2) is 0 Å². The minimum absolute atomic E-state index is 0.514. The summed E-state index contributed by atoms with van der Waals surface area (Å²) >= 11 is 0. The van der Waals surface area contributed by atoms with Crippen molar-refractivity contribution in [2.75, 3.05) is 11.9 Å². The highest BCUT2D eigenvalue weighted by atomic mass is 15.1. The molecule has 0 bridgehead atoms. The average Bonchev–Trinajstić information content (AvgIpc) is 2.44. The standard InChI is InChI=1S/C19H26N2/c1-14(2)20-13-17-9-10-19(16(4)12-17)21(5)18-8-6-7-15(3)11-18/h6-12,14,20H,13H2,1-5H3. The number of hydrogen-bond acceptors (Lipinski definition) is 2. The molecule has 0 aromatic heterocycles. The van der Waals surface area contributed by atoms with Gasteiger partial charge in [0.2, 0.25) is 0 Å². The predicted molar refractivity (Wildman–Crippen MR) is 92.4 cm³/mol. The van der Waals surface area contributed by atoms with Crippen LogP contribution in [0.3, 0.4) is 0 Å². The molecule has 0 aliphatic rings. The van der Waals surface area contributed by atoms with E-state index in [9.17, 15) is 0 Å². The van der Waals surface area contributed by atoms with Crippen molar-refractivity contribution in [2.24, 2.45) is 0 Å². The van der Waals surface area contributed by atoms with Gasteiger partial charge in [-0.1, -0.05) is 38.1 Å². The van der Waals surface area contributed by atoms with E-state index in [0.29, 0.717) is 6.04 Å². The second kappa shape index (κ2) is 6.77. The molecule has 0 fully saturated rings. The Morgan fingerprint density at radius 3 is 2.43 bits per heavy atom. The Hall–Kier alpha value is -1.80. The molecule has 0 atom stereocenters. The number of benzene rings is 2. The van der Waals surface area contributed by atoms with Crippen molar-refractivity contribution in [3.63, 3.8) is 0 Å². The molecule has 2 rings (SSSR count). The molecule has 0 saturated carbocycles. The molecule has 2 nitrogen and oxygen atoms in total. The first-order chi connectivity index (χ1) is 9.97. The molecule has 2 aromatic rings. The van der Waals surface area contributed by atoms with Crippen LogP contribution in [0.5, 0.6) is 0 Å². The summed E-state index contributed by atoms with van der Waals surface area (Å²) in [5, 5.41) is 3.46. The molecular weight excluding hydrogens is 256 g/mol. The van der Waals surface area contributed by atoms with Crippen LogP contribution in [0.1, 0.15) is 30.5 Å². The van der Waals surface area contributed by atoms with Crippen molar-refractivity contribution >= 4 is 11.4 Å². The highest BCUT2D eigenvalue weighted by molar-refractivity contribution is 5.66. The lowest BCUT2D eigenvalue weighted by atomic mass is 10.1. The highest BCUT2D eigenvalue weighted by Gasteiger charge is 2.08. The Morgan fingerprint density at radius 2 is 1.81 bits per heavy atom. The maximum Gasteiger partial charge on any atom is 0.0438 e. The summed E-state index contributed by atoms with van der Waals surface area (Å²) in [4.78, 5) is 2.25. The first-order valence-corrected chi connectivity index (χ1v) is 7.60. The van der Waals surface area contributed by atoms with E-state index in [1.165, 1.54) is 28.1 Å². The van der Waals surface area contributed by atoms with Gasteiger partial charge in [-0.15, -0.1) is 0 Å². The van der Waals surface area contributed by atoms with Gasteiger partial charge < -0.3 is 10.2 Å². The number of anilines is 2. The summed E-state index contributed by atoms with van der Waals surface area (Å²) < 4.78 is 0. The van der Waals surface area contributed by atoms with E-state index in [1.54, 1.807) is 0 Å². The zero-order valence-corrected chi connectivity index (χ0v) is 13.8. The lowest BCUT2D eigenvalue weighted by Gasteiger charge is -2.23. The normalized spacial score (nSPS) is 11.0. The third kappa shape index (κ3) is 4.08. The number of nitrogens with zero attached hydrogens (tertiary/aromatic N) is 1. The summed E-state index contributed by atoms with van der Waals surface area (Å²) in [5.41, 5.74) is 6.42. The van der Waals surface area contributed by atoms with Crippen molar-refractivity contribution in [1.82, 2.24) is 5.32 Å². The van der Waals surface area contributed by atoms with Crippen LogP contribution in [-0.4, -0.2) is 13.1 Å². The number of hydrogen-bond donors (Lipinski definition) is 1. The fourth-order valence-electron chi connectivity index (χ4n) is 2.50. The third-order valence-electron chi connectivity index (χ3n) is 3.73. The van der Waals surface area contributed by atoms with E-state index < -0.39 is 0 Å². The van der Waals surface area contributed by atoms with Gasteiger partial charge in [0.1, 0.15) is 0 Å². The smallest absolute Gasteiger partial charge is 0.0438 e. The maximum atomic E-state index is 3.46. The first kappa shape index (κ1) is 15.6. The minimum Gasteiger partial charge on any atom is -0.344 e. The van der Waals surface area contributed by atoms with Gasteiger partial charge in [0.05, 0.1) is 0 Å². The van der Waals surface area contributed by atoms with Crippen molar-refractivity contribution in [2.45, 2.75) is 40.3 Å². The van der Waals surface area contributed by atoms with E-state index in [-0.39, 0.29) is 0 Å². The van der Waals surface area contributed by atoms with Crippen LogP contribution in [0.15, 0.2) is 42.5 Å². The number of nitrogens with one attached hydrogen (secondary N) is 1. The summed E-state index contributed by atoms with van der Waals surface area (Å²) in [5.74, 6) is 0. The van der Waals surface area contributed by atoms with Crippen LogP contribution in [0.25, 0.3) is 0 Å². The molecular formula is C19H26N2. The SMILES string of the molecule is Cc1cccc(N(C)c2ccc(CNC(C)C)cc2C)c1. The Morgan fingerprint density at radius 1 is 1.05 bits per heavy atom. The van der Waals surface area contributed by atoms with E-state index >= 15 is 0 Å². The van der Waals surface area contributed by atoms with Crippen LogP contribution in [-0.2, 0) is 6.54 Å². The molecule has 2 aromatic carbocycles. The second-order valence-electron chi connectivity index (χ2n) is 6.05. The van der Waals surface area contributed by atoms with Gasteiger partial charge in [-0.3, -0.25) is 0 Å². The lowest BCUT2D eigenvalue weighted by Crippen LogP contribution is -2.22. The van der Waals surface area contributed by atoms with Crippen LogP contribution in [0.4, 0.5) is 11.4 Å². The van der Waals surface area contributed by atoms with Crippen molar-refractivity contribution < 1.29 is 0 Å². The Kier molecular flexibility index (Phi) is 5.03. The van der Waals surface area contributed by atoms with Crippen LogP contribution < -0.4 is 10.2 Å². The van der Waals surface area contributed by atoms with Gasteiger partial charge in [0, 0.05) is 31.0 Å². The average molecular weight is 282 g/mol. The monoisotopic (exact) mass is 282 g/mol. The van der Waals surface area contributed by atoms with Crippen molar-refractivity contribution in [3.05, 3.63) is 59.2 Å². The molecule has 2 heteroatoms. The lowest BCUT2D eigenvalue weighted by molar-refractivity contribution is 0.588. The molecule has 1 N–H and O–H groups in total. The zero-order valence-electron chi connectivity index (χ0n) is 13.8. The molecule has 0 radical (unpaired) electrons. The van der Waals surface area contributed by atoms with Gasteiger partial charge in [0.25, 0.3) is 0 Å². The summed E-state index contributed by atoms with van der Waals surface area (Å²) in [6, 6.07) is 15.8. The van der Waals surface area contributed by atoms with E-state index in [1.807, 2.05) is 0 Å². The Bertz CT molecular complexity index is 602. The molecule has 0 saturated heterocycles. The van der Waals surface area contributed by atoms with E-state index in [0.717, 1.165) is 6.54 Å². The van der Waals surface area contributed by atoms with Crippen LogP contribution in [0.2, 0.25) is 0 Å². The molecule has 0 aliphatic heterocycles. The van der Waals surface area contributed by atoms with E-state index in [4.69, 9.17) is 0 Å². The zero-order chi connectivity index (χ0) is 15.4. The highest BCUT2D eigenvalue weighted by Crippen LogP contribution is 2.27. The predicted octanol–water partition coefficient (Wildman–Crippen LogP) is 4.57. The third-order valence-corrected chi connectivity index (χ3v) is 3.73. The quantitative estimate of drug-likeness (QED) is 0.864. The number of aryl methyl sites for hydroxylation is 2. The Labute approximate surface area is 128 Å². The number of rotatable bonds is 5. The first-order valence-electron chi connectivity index (χ1n) is 7.60. The molecule has 112 valence electrons. The van der Waals surface area contributed by atoms with Gasteiger partial charge in [-0.2, -0.15) is 0 Å².